The first-order valence-corrected chi connectivity index (χ1v) is 5.67. The number of piperidine rings is 1. The van der Waals surface area contributed by atoms with E-state index in [1.807, 2.05) is 20.8 Å². The predicted octanol–water partition coefficient (Wildman–Crippen LogP) is 2.33. The molecular weight excluding hydrogens is 225 g/mol. The van der Waals surface area contributed by atoms with E-state index in [0.29, 0.717) is 0 Å². The number of rotatable bonds is 0. The standard InChI is InChI=1S/C12H20FNO3/c1-11(2,3)9-12(4,5)8(15)7(13)6-14(9)10(16)17/h7,9H,6H2,1-5H3,(H,16,17). The molecule has 1 rings (SSSR count). The molecule has 1 heterocycles. The van der Waals surface area contributed by atoms with Gasteiger partial charge in [0.1, 0.15) is 0 Å². The maximum atomic E-state index is 13.6. The molecule has 0 spiro atoms. The summed E-state index contributed by atoms with van der Waals surface area (Å²) in [7, 11) is 0. The van der Waals surface area contributed by atoms with Crippen molar-refractivity contribution in [2.24, 2.45) is 10.8 Å². The molecule has 0 radical (unpaired) electrons. The summed E-state index contributed by atoms with van der Waals surface area (Å²) in [5.74, 6) is -0.505. The molecule has 1 saturated heterocycles. The molecular formula is C12H20FNO3. The summed E-state index contributed by atoms with van der Waals surface area (Å²) < 4.78 is 13.6. The van der Waals surface area contributed by atoms with E-state index in [0.717, 1.165) is 4.90 Å². The van der Waals surface area contributed by atoms with Gasteiger partial charge in [-0.25, -0.2) is 9.18 Å². The summed E-state index contributed by atoms with van der Waals surface area (Å²) in [4.78, 5) is 24.1. The number of Topliss-reactive ketones (excluding diaryl/α,β-unsaturated/α-hetero) is 1. The van der Waals surface area contributed by atoms with E-state index in [1.54, 1.807) is 13.8 Å². The number of hydrogen-bond acceptors (Lipinski definition) is 2. The highest BCUT2D eigenvalue weighted by Gasteiger charge is 2.54. The second-order valence-electron chi connectivity index (χ2n) is 6.26. The molecule has 1 amide bonds. The number of carbonyl (C=O) groups excluding carboxylic acids is 1. The van der Waals surface area contributed by atoms with Crippen LogP contribution in [0.15, 0.2) is 0 Å². The number of halogens is 1. The first-order chi connectivity index (χ1) is 7.49. The summed E-state index contributed by atoms with van der Waals surface area (Å²) in [5.41, 5.74) is -1.42. The van der Waals surface area contributed by atoms with Crippen LogP contribution in [0.25, 0.3) is 0 Å². The van der Waals surface area contributed by atoms with Crippen molar-refractivity contribution in [3.8, 4) is 0 Å². The minimum Gasteiger partial charge on any atom is -0.465 e. The Balaban J connectivity index is 3.25. The van der Waals surface area contributed by atoms with Crippen molar-refractivity contribution >= 4 is 11.9 Å². The van der Waals surface area contributed by atoms with Gasteiger partial charge < -0.3 is 10.0 Å². The second kappa shape index (κ2) is 3.96. The van der Waals surface area contributed by atoms with Gasteiger partial charge in [-0.05, 0) is 5.41 Å². The largest absolute Gasteiger partial charge is 0.465 e. The normalized spacial score (nSPS) is 29.3. The van der Waals surface area contributed by atoms with Crippen molar-refractivity contribution in [2.45, 2.75) is 46.8 Å². The number of alkyl halides is 1. The number of nitrogens with zero attached hydrogens (tertiary/aromatic N) is 1. The zero-order valence-electron chi connectivity index (χ0n) is 11.0. The molecule has 0 bridgehead atoms. The lowest BCUT2D eigenvalue weighted by Crippen LogP contribution is -2.64. The molecule has 5 heteroatoms. The Morgan fingerprint density at radius 3 is 2.29 bits per heavy atom. The number of carboxylic acid groups (broad SMARTS) is 1. The molecule has 1 fully saturated rings. The third kappa shape index (κ3) is 2.28. The van der Waals surface area contributed by atoms with Gasteiger partial charge in [0.2, 0.25) is 0 Å². The first-order valence-electron chi connectivity index (χ1n) is 5.67. The molecule has 1 N–H and O–H groups in total. The van der Waals surface area contributed by atoms with E-state index in [1.165, 1.54) is 0 Å². The summed E-state index contributed by atoms with van der Waals surface area (Å²) in [6, 6.07) is -0.521. The first kappa shape index (κ1) is 13.9. The van der Waals surface area contributed by atoms with Gasteiger partial charge in [0, 0.05) is 5.41 Å². The fourth-order valence-corrected chi connectivity index (χ4v) is 3.03. The van der Waals surface area contributed by atoms with Crippen molar-refractivity contribution in [2.75, 3.05) is 6.54 Å². The van der Waals surface area contributed by atoms with Crippen LogP contribution in [-0.2, 0) is 4.79 Å². The Bertz CT molecular complexity index is 346. The Hall–Kier alpha value is -1.13. The third-order valence-corrected chi connectivity index (χ3v) is 3.34. The number of carbonyl (C=O) groups is 2. The number of likely N-dealkylation sites (tertiary alicyclic amines) is 1. The number of amides is 1. The topological polar surface area (TPSA) is 57.6 Å². The van der Waals surface area contributed by atoms with Gasteiger partial charge in [0.15, 0.2) is 12.0 Å². The van der Waals surface area contributed by atoms with Gasteiger partial charge >= 0.3 is 6.09 Å². The summed E-state index contributed by atoms with van der Waals surface area (Å²) in [6.45, 7) is 8.46. The van der Waals surface area contributed by atoms with Crippen LogP contribution in [-0.4, -0.2) is 40.6 Å². The van der Waals surface area contributed by atoms with Crippen LogP contribution in [0, 0.1) is 10.8 Å². The third-order valence-electron chi connectivity index (χ3n) is 3.34. The van der Waals surface area contributed by atoms with Crippen LogP contribution in [0.5, 0.6) is 0 Å². The fraction of sp³-hybridized carbons (Fsp3) is 0.833. The molecule has 4 nitrogen and oxygen atoms in total. The average molecular weight is 245 g/mol. The van der Waals surface area contributed by atoms with Gasteiger partial charge in [0.25, 0.3) is 0 Å². The summed E-state index contributed by atoms with van der Waals surface area (Å²) in [6.07, 6.45) is -2.90. The van der Waals surface area contributed by atoms with Crippen LogP contribution in [0.1, 0.15) is 34.6 Å². The molecule has 0 aromatic carbocycles. The molecule has 17 heavy (non-hydrogen) atoms. The summed E-state index contributed by atoms with van der Waals surface area (Å²) >= 11 is 0. The Morgan fingerprint density at radius 2 is 1.94 bits per heavy atom. The zero-order chi connectivity index (χ0) is 13.6. The Labute approximate surface area is 101 Å². The minimum absolute atomic E-state index is 0.362. The van der Waals surface area contributed by atoms with E-state index in [9.17, 15) is 14.0 Å². The molecule has 0 aromatic heterocycles. The minimum atomic E-state index is -1.72. The Morgan fingerprint density at radius 1 is 1.47 bits per heavy atom. The van der Waals surface area contributed by atoms with Gasteiger partial charge in [-0.2, -0.15) is 0 Å². The van der Waals surface area contributed by atoms with Crippen molar-refractivity contribution in [3.05, 3.63) is 0 Å². The van der Waals surface area contributed by atoms with Crippen molar-refractivity contribution in [1.82, 2.24) is 4.90 Å². The lowest BCUT2D eigenvalue weighted by Gasteiger charge is -2.51. The highest BCUT2D eigenvalue weighted by Crippen LogP contribution is 2.42. The molecule has 98 valence electrons. The zero-order valence-corrected chi connectivity index (χ0v) is 11.0. The lowest BCUT2D eigenvalue weighted by atomic mass is 9.65. The SMILES string of the molecule is CC(C)(C)C1N(C(=O)O)CC(F)C(=O)C1(C)C. The van der Waals surface area contributed by atoms with Crippen molar-refractivity contribution in [1.29, 1.82) is 0 Å². The maximum Gasteiger partial charge on any atom is 0.407 e. The average Bonchev–Trinajstić information content (AvgIpc) is 2.10. The highest BCUT2D eigenvalue weighted by atomic mass is 19.1. The Kier molecular flexibility index (Phi) is 3.25. The van der Waals surface area contributed by atoms with Crippen LogP contribution in [0.2, 0.25) is 0 Å². The molecule has 1 aliphatic heterocycles. The van der Waals surface area contributed by atoms with Gasteiger partial charge in [0.05, 0.1) is 12.6 Å². The molecule has 0 aromatic rings. The molecule has 2 unspecified atom stereocenters. The van der Waals surface area contributed by atoms with Crippen LogP contribution < -0.4 is 0 Å². The van der Waals surface area contributed by atoms with Gasteiger partial charge in [-0.3, -0.25) is 4.79 Å². The smallest absolute Gasteiger partial charge is 0.407 e. The maximum absolute atomic E-state index is 13.6. The molecule has 1 aliphatic rings. The van der Waals surface area contributed by atoms with Crippen molar-refractivity contribution in [3.63, 3.8) is 0 Å². The van der Waals surface area contributed by atoms with E-state index in [2.05, 4.69) is 0 Å². The van der Waals surface area contributed by atoms with Crippen LogP contribution in [0.3, 0.4) is 0 Å². The molecule has 0 saturated carbocycles. The lowest BCUT2D eigenvalue weighted by molar-refractivity contribution is -0.146. The monoisotopic (exact) mass is 245 g/mol. The van der Waals surface area contributed by atoms with E-state index in [4.69, 9.17) is 5.11 Å². The van der Waals surface area contributed by atoms with E-state index >= 15 is 0 Å². The van der Waals surface area contributed by atoms with Crippen LogP contribution in [0.4, 0.5) is 9.18 Å². The van der Waals surface area contributed by atoms with Crippen molar-refractivity contribution < 1.29 is 19.1 Å². The molecule has 0 aliphatic carbocycles. The fourth-order valence-electron chi connectivity index (χ4n) is 3.03. The number of ketones is 1. The predicted molar refractivity (Wildman–Crippen MR) is 61.7 cm³/mol. The van der Waals surface area contributed by atoms with Crippen LogP contribution >= 0.6 is 0 Å². The van der Waals surface area contributed by atoms with E-state index in [-0.39, 0.29) is 6.54 Å². The van der Waals surface area contributed by atoms with Gasteiger partial charge in [-0.15, -0.1) is 0 Å². The highest BCUT2D eigenvalue weighted by molar-refractivity contribution is 5.91. The van der Waals surface area contributed by atoms with E-state index < -0.39 is 34.9 Å². The summed E-state index contributed by atoms with van der Waals surface area (Å²) in [5, 5.41) is 9.16. The molecule has 2 atom stereocenters. The van der Waals surface area contributed by atoms with Gasteiger partial charge in [-0.1, -0.05) is 34.6 Å². The quantitative estimate of drug-likeness (QED) is 0.712. The second-order valence-corrected chi connectivity index (χ2v) is 6.26. The number of hydrogen-bond donors (Lipinski definition) is 1.